The second-order valence-corrected chi connectivity index (χ2v) is 5.64. The lowest BCUT2D eigenvalue weighted by Crippen LogP contribution is -2.51. The predicted octanol–water partition coefficient (Wildman–Crippen LogP) is 1.34. The van der Waals surface area contributed by atoms with Gasteiger partial charge in [-0.15, -0.1) is 0 Å². The van der Waals surface area contributed by atoms with Crippen molar-refractivity contribution in [3.05, 3.63) is 24.3 Å². The van der Waals surface area contributed by atoms with Crippen LogP contribution in [0.15, 0.2) is 24.3 Å². The SMILES string of the molecule is CC(C)C(=O)Nc1cccc(NC(=O)C2(N)CCOC2)c1. The molecule has 0 aliphatic carbocycles. The summed E-state index contributed by atoms with van der Waals surface area (Å²) in [4.78, 5) is 23.8. The zero-order valence-electron chi connectivity index (χ0n) is 12.3. The molecule has 0 bridgehead atoms. The standard InChI is InChI=1S/C15H21N3O3/c1-10(2)13(19)17-11-4-3-5-12(8-11)18-14(20)15(16)6-7-21-9-15/h3-5,8,10H,6-7,9,16H2,1-2H3,(H,17,19)(H,18,20). The fraction of sp³-hybridized carbons (Fsp3) is 0.467. The van der Waals surface area contributed by atoms with Crippen molar-refractivity contribution >= 4 is 23.2 Å². The van der Waals surface area contributed by atoms with Crippen molar-refractivity contribution in [2.45, 2.75) is 25.8 Å². The van der Waals surface area contributed by atoms with Crippen molar-refractivity contribution in [3.8, 4) is 0 Å². The number of amides is 2. The first-order chi connectivity index (χ1) is 9.90. The minimum Gasteiger partial charge on any atom is -0.379 e. The van der Waals surface area contributed by atoms with Crippen LogP contribution in [0.2, 0.25) is 0 Å². The maximum atomic E-state index is 12.2. The highest BCUT2D eigenvalue weighted by Crippen LogP contribution is 2.20. The molecule has 2 amide bonds. The summed E-state index contributed by atoms with van der Waals surface area (Å²) in [5.41, 5.74) is 6.26. The molecule has 1 atom stereocenters. The summed E-state index contributed by atoms with van der Waals surface area (Å²) in [6, 6.07) is 6.99. The molecule has 6 heteroatoms. The van der Waals surface area contributed by atoms with E-state index in [0.717, 1.165) is 0 Å². The molecule has 1 saturated heterocycles. The molecule has 1 aromatic rings. The van der Waals surface area contributed by atoms with Crippen LogP contribution in [0.5, 0.6) is 0 Å². The molecule has 114 valence electrons. The fourth-order valence-corrected chi connectivity index (χ4v) is 1.98. The van der Waals surface area contributed by atoms with E-state index in [9.17, 15) is 9.59 Å². The lowest BCUT2D eigenvalue weighted by Gasteiger charge is -2.20. The molecule has 21 heavy (non-hydrogen) atoms. The molecule has 2 rings (SSSR count). The van der Waals surface area contributed by atoms with Gasteiger partial charge in [0.25, 0.3) is 0 Å². The van der Waals surface area contributed by atoms with Gasteiger partial charge in [0.05, 0.1) is 6.61 Å². The van der Waals surface area contributed by atoms with Gasteiger partial charge in [0.15, 0.2) is 0 Å². The number of anilines is 2. The Bertz CT molecular complexity index is 537. The Balaban J connectivity index is 2.04. The van der Waals surface area contributed by atoms with E-state index in [1.165, 1.54) is 0 Å². The number of hydrogen-bond acceptors (Lipinski definition) is 4. The van der Waals surface area contributed by atoms with E-state index >= 15 is 0 Å². The number of nitrogens with one attached hydrogen (secondary N) is 2. The number of hydrogen-bond donors (Lipinski definition) is 3. The summed E-state index contributed by atoms with van der Waals surface area (Å²) in [5, 5.41) is 5.56. The Morgan fingerprint density at radius 1 is 1.29 bits per heavy atom. The van der Waals surface area contributed by atoms with Gasteiger partial charge in [-0.25, -0.2) is 0 Å². The van der Waals surface area contributed by atoms with Crippen LogP contribution in [0.3, 0.4) is 0 Å². The molecule has 1 aromatic carbocycles. The van der Waals surface area contributed by atoms with Crippen molar-refractivity contribution < 1.29 is 14.3 Å². The number of rotatable bonds is 4. The normalized spacial score (nSPS) is 21.3. The maximum absolute atomic E-state index is 12.2. The second-order valence-electron chi connectivity index (χ2n) is 5.64. The van der Waals surface area contributed by atoms with E-state index in [1.54, 1.807) is 24.3 Å². The van der Waals surface area contributed by atoms with Crippen molar-refractivity contribution in [2.75, 3.05) is 23.8 Å². The topological polar surface area (TPSA) is 93.5 Å². The van der Waals surface area contributed by atoms with Crippen LogP contribution in [-0.2, 0) is 14.3 Å². The van der Waals surface area contributed by atoms with Gasteiger partial charge in [0.2, 0.25) is 11.8 Å². The predicted molar refractivity (Wildman–Crippen MR) is 80.9 cm³/mol. The lowest BCUT2D eigenvalue weighted by atomic mass is 9.99. The molecule has 1 fully saturated rings. The van der Waals surface area contributed by atoms with Crippen molar-refractivity contribution in [3.63, 3.8) is 0 Å². The average Bonchev–Trinajstić information content (AvgIpc) is 2.87. The van der Waals surface area contributed by atoms with Gasteiger partial charge < -0.3 is 21.1 Å². The van der Waals surface area contributed by atoms with Crippen LogP contribution >= 0.6 is 0 Å². The third kappa shape index (κ3) is 3.80. The number of nitrogens with two attached hydrogens (primary N) is 1. The summed E-state index contributed by atoms with van der Waals surface area (Å²) in [6.07, 6.45) is 0.503. The van der Waals surface area contributed by atoms with E-state index in [0.29, 0.717) is 24.4 Å². The first kappa shape index (κ1) is 15.5. The number of carbonyl (C=O) groups excluding carboxylic acids is 2. The largest absolute Gasteiger partial charge is 0.379 e. The van der Waals surface area contributed by atoms with E-state index < -0.39 is 5.54 Å². The maximum Gasteiger partial charge on any atom is 0.246 e. The highest BCUT2D eigenvalue weighted by Gasteiger charge is 2.38. The average molecular weight is 291 g/mol. The molecule has 0 spiro atoms. The van der Waals surface area contributed by atoms with Gasteiger partial charge in [-0.3, -0.25) is 9.59 Å². The van der Waals surface area contributed by atoms with E-state index in [2.05, 4.69) is 10.6 Å². The summed E-state index contributed by atoms with van der Waals surface area (Å²) < 4.78 is 5.18. The van der Waals surface area contributed by atoms with Gasteiger partial charge in [0.1, 0.15) is 5.54 Å². The van der Waals surface area contributed by atoms with Crippen molar-refractivity contribution in [1.29, 1.82) is 0 Å². The fourth-order valence-electron chi connectivity index (χ4n) is 1.98. The molecular formula is C15H21N3O3. The molecule has 4 N–H and O–H groups in total. The van der Waals surface area contributed by atoms with Crippen molar-refractivity contribution in [1.82, 2.24) is 0 Å². The second kappa shape index (κ2) is 6.24. The number of benzene rings is 1. The van der Waals surface area contributed by atoms with Gasteiger partial charge in [-0.2, -0.15) is 0 Å². The Labute approximate surface area is 124 Å². The highest BCUT2D eigenvalue weighted by molar-refractivity contribution is 5.99. The summed E-state index contributed by atoms with van der Waals surface area (Å²) >= 11 is 0. The van der Waals surface area contributed by atoms with Crippen LogP contribution in [0.25, 0.3) is 0 Å². The van der Waals surface area contributed by atoms with Gasteiger partial charge in [-0.1, -0.05) is 19.9 Å². The van der Waals surface area contributed by atoms with Crippen molar-refractivity contribution in [2.24, 2.45) is 11.7 Å². The Hall–Kier alpha value is -1.92. The molecular weight excluding hydrogens is 270 g/mol. The van der Waals surface area contributed by atoms with Crippen LogP contribution < -0.4 is 16.4 Å². The van der Waals surface area contributed by atoms with Crippen LogP contribution in [0, 0.1) is 5.92 Å². The molecule has 1 unspecified atom stereocenters. The van der Waals surface area contributed by atoms with E-state index in [1.807, 2.05) is 13.8 Å². The molecule has 0 aromatic heterocycles. The first-order valence-electron chi connectivity index (χ1n) is 7.00. The summed E-state index contributed by atoms with van der Waals surface area (Å²) in [7, 11) is 0. The smallest absolute Gasteiger partial charge is 0.246 e. The van der Waals surface area contributed by atoms with E-state index in [4.69, 9.17) is 10.5 Å². The Morgan fingerprint density at radius 3 is 2.52 bits per heavy atom. The zero-order valence-corrected chi connectivity index (χ0v) is 12.3. The Morgan fingerprint density at radius 2 is 1.95 bits per heavy atom. The van der Waals surface area contributed by atoms with Crippen LogP contribution in [0.4, 0.5) is 11.4 Å². The zero-order chi connectivity index (χ0) is 15.5. The molecule has 1 aliphatic heterocycles. The lowest BCUT2D eigenvalue weighted by molar-refractivity contribution is -0.121. The minimum absolute atomic E-state index is 0.0713. The molecule has 6 nitrogen and oxygen atoms in total. The van der Waals surface area contributed by atoms with Gasteiger partial charge in [0, 0.05) is 23.9 Å². The minimum atomic E-state index is -0.975. The quantitative estimate of drug-likeness (QED) is 0.780. The Kier molecular flexibility index (Phi) is 4.59. The summed E-state index contributed by atoms with van der Waals surface area (Å²) in [6.45, 7) is 4.36. The molecule has 1 aliphatic rings. The van der Waals surface area contributed by atoms with Gasteiger partial charge >= 0.3 is 0 Å². The molecule has 0 radical (unpaired) electrons. The first-order valence-corrected chi connectivity index (χ1v) is 7.00. The summed E-state index contributed by atoms with van der Waals surface area (Å²) in [5.74, 6) is -0.448. The monoisotopic (exact) mass is 291 g/mol. The van der Waals surface area contributed by atoms with Gasteiger partial charge in [-0.05, 0) is 24.6 Å². The van der Waals surface area contributed by atoms with Crippen LogP contribution in [-0.4, -0.2) is 30.6 Å². The molecule has 1 heterocycles. The number of carbonyl (C=O) groups is 2. The third-order valence-corrected chi connectivity index (χ3v) is 3.42. The third-order valence-electron chi connectivity index (χ3n) is 3.42. The molecule has 0 saturated carbocycles. The van der Waals surface area contributed by atoms with E-state index in [-0.39, 0.29) is 24.3 Å². The van der Waals surface area contributed by atoms with Crippen LogP contribution in [0.1, 0.15) is 20.3 Å². The highest BCUT2D eigenvalue weighted by atomic mass is 16.5. The number of ether oxygens (including phenoxy) is 1.